The van der Waals surface area contributed by atoms with E-state index in [4.69, 9.17) is 5.11 Å². The lowest BCUT2D eigenvalue weighted by Crippen LogP contribution is -2.19. The van der Waals surface area contributed by atoms with Crippen molar-refractivity contribution in [3.63, 3.8) is 0 Å². The number of rotatable bonds is 5. The molecule has 142 valence electrons. The molecule has 0 aliphatic rings. The summed E-state index contributed by atoms with van der Waals surface area (Å²) in [6, 6.07) is 2.18. The minimum Gasteiger partial charge on any atom is -0.477 e. The van der Waals surface area contributed by atoms with E-state index in [1.807, 2.05) is 0 Å². The number of carbonyl (C=O) groups is 2. The van der Waals surface area contributed by atoms with Crippen molar-refractivity contribution in [2.75, 3.05) is 5.32 Å². The molecule has 2 aromatic carbocycles. The highest BCUT2D eigenvalue weighted by Gasteiger charge is 2.30. The van der Waals surface area contributed by atoms with Gasteiger partial charge < -0.3 is 10.4 Å². The molecule has 0 saturated carbocycles. The fourth-order valence-corrected chi connectivity index (χ4v) is 2.13. The van der Waals surface area contributed by atoms with E-state index in [9.17, 15) is 35.9 Å². The van der Waals surface area contributed by atoms with E-state index in [0.717, 1.165) is 19.1 Å². The number of benzene rings is 2. The topological polar surface area (TPSA) is 66.4 Å². The fourth-order valence-electron chi connectivity index (χ4n) is 2.13. The SMILES string of the molecule is Cc1c(F)c(F)c(F)c(F)c1C(=O)/C(=C\Nc1ccc(F)cc1F)C(=O)O. The summed E-state index contributed by atoms with van der Waals surface area (Å²) in [7, 11) is 0. The number of carboxylic acids is 1. The summed E-state index contributed by atoms with van der Waals surface area (Å²) in [4.78, 5) is 23.5. The van der Waals surface area contributed by atoms with Gasteiger partial charge in [-0.1, -0.05) is 0 Å². The van der Waals surface area contributed by atoms with E-state index in [-0.39, 0.29) is 0 Å². The molecule has 0 unspecified atom stereocenters. The number of ketones is 1. The first-order chi connectivity index (χ1) is 12.6. The number of anilines is 1. The standard InChI is InChI=1S/C17H9F6NO3/c1-6-11(13(21)15(23)14(22)12(6)20)16(25)8(17(26)27)5-24-10-3-2-7(18)4-9(10)19/h2-5,24H,1H3,(H,26,27)/b8-5+. The summed E-state index contributed by atoms with van der Waals surface area (Å²) in [5.41, 5.74) is -3.94. The van der Waals surface area contributed by atoms with Crippen LogP contribution >= 0.6 is 0 Å². The van der Waals surface area contributed by atoms with E-state index in [1.165, 1.54) is 0 Å². The summed E-state index contributed by atoms with van der Waals surface area (Å²) >= 11 is 0. The van der Waals surface area contributed by atoms with Crippen LogP contribution in [0.4, 0.5) is 32.0 Å². The minimum atomic E-state index is -2.29. The van der Waals surface area contributed by atoms with Crippen molar-refractivity contribution in [1.29, 1.82) is 0 Å². The third-order valence-corrected chi connectivity index (χ3v) is 3.51. The van der Waals surface area contributed by atoms with Crippen molar-refractivity contribution in [2.24, 2.45) is 0 Å². The highest BCUT2D eigenvalue weighted by Crippen LogP contribution is 2.26. The van der Waals surface area contributed by atoms with Crippen LogP contribution in [0.3, 0.4) is 0 Å². The second-order valence-corrected chi connectivity index (χ2v) is 5.22. The number of halogens is 6. The zero-order valence-electron chi connectivity index (χ0n) is 13.3. The number of nitrogens with one attached hydrogen (secondary N) is 1. The minimum absolute atomic E-state index is 0.430. The lowest BCUT2D eigenvalue weighted by atomic mass is 9.97. The Morgan fingerprint density at radius 1 is 0.963 bits per heavy atom. The van der Waals surface area contributed by atoms with Crippen LogP contribution in [0, 0.1) is 41.8 Å². The van der Waals surface area contributed by atoms with Crippen LogP contribution in [0.5, 0.6) is 0 Å². The smallest absolute Gasteiger partial charge is 0.341 e. The van der Waals surface area contributed by atoms with Gasteiger partial charge in [0, 0.05) is 17.8 Å². The maximum Gasteiger partial charge on any atom is 0.341 e. The van der Waals surface area contributed by atoms with E-state index >= 15 is 0 Å². The predicted octanol–water partition coefficient (Wildman–Crippen LogP) is 4.09. The average molecular weight is 389 g/mol. The number of carboxylic acid groups (broad SMARTS) is 1. The molecule has 0 heterocycles. The van der Waals surface area contributed by atoms with Crippen molar-refractivity contribution < 1.29 is 41.0 Å². The molecular formula is C17H9F6NO3. The number of hydrogen-bond donors (Lipinski definition) is 2. The molecule has 0 atom stereocenters. The molecule has 2 aromatic rings. The highest BCUT2D eigenvalue weighted by atomic mass is 19.2. The summed E-state index contributed by atoms with van der Waals surface area (Å²) in [6.07, 6.45) is 0.430. The van der Waals surface area contributed by atoms with Crippen molar-refractivity contribution in [1.82, 2.24) is 0 Å². The van der Waals surface area contributed by atoms with Gasteiger partial charge in [0.2, 0.25) is 5.78 Å². The summed E-state index contributed by atoms with van der Waals surface area (Å²) in [6.45, 7) is 0.751. The first kappa shape index (κ1) is 20.0. The molecule has 4 nitrogen and oxygen atoms in total. The quantitative estimate of drug-likeness (QED) is 0.154. The Bertz CT molecular complexity index is 958. The molecule has 0 saturated heterocycles. The molecule has 0 fully saturated rings. The van der Waals surface area contributed by atoms with Crippen LogP contribution in [0.25, 0.3) is 0 Å². The molecule has 0 amide bonds. The molecule has 2 N–H and O–H groups in total. The van der Waals surface area contributed by atoms with Gasteiger partial charge in [-0.2, -0.15) is 0 Å². The van der Waals surface area contributed by atoms with Gasteiger partial charge in [-0.25, -0.2) is 31.1 Å². The Balaban J connectivity index is 2.52. The van der Waals surface area contributed by atoms with Gasteiger partial charge in [-0.05, 0) is 19.1 Å². The monoisotopic (exact) mass is 389 g/mol. The van der Waals surface area contributed by atoms with Crippen LogP contribution in [0.15, 0.2) is 30.0 Å². The second-order valence-electron chi connectivity index (χ2n) is 5.22. The van der Waals surface area contributed by atoms with Crippen LogP contribution in [0.1, 0.15) is 15.9 Å². The predicted molar refractivity (Wildman–Crippen MR) is 81.0 cm³/mol. The van der Waals surface area contributed by atoms with Gasteiger partial charge in [0.05, 0.1) is 11.3 Å². The summed E-state index contributed by atoms with van der Waals surface area (Å²) in [5.74, 6) is -14.1. The summed E-state index contributed by atoms with van der Waals surface area (Å²) < 4.78 is 80.5. The Morgan fingerprint density at radius 2 is 1.56 bits per heavy atom. The normalized spacial score (nSPS) is 11.4. The largest absolute Gasteiger partial charge is 0.477 e. The number of Topliss-reactive ketones (excluding diaryl/α,β-unsaturated/α-hetero) is 1. The lowest BCUT2D eigenvalue weighted by Gasteiger charge is -2.11. The van der Waals surface area contributed by atoms with Gasteiger partial charge in [0.1, 0.15) is 17.2 Å². The maximum atomic E-state index is 13.9. The third kappa shape index (κ3) is 3.78. The fraction of sp³-hybridized carbons (Fsp3) is 0.0588. The van der Waals surface area contributed by atoms with Crippen LogP contribution in [-0.2, 0) is 4.79 Å². The lowest BCUT2D eigenvalue weighted by molar-refractivity contribution is -0.132. The average Bonchev–Trinajstić information content (AvgIpc) is 2.60. The molecule has 10 heteroatoms. The molecule has 0 spiro atoms. The zero-order chi connectivity index (χ0) is 20.5. The zero-order valence-corrected chi connectivity index (χ0v) is 13.3. The molecular weight excluding hydrogens is 380 g/mol. The Labute approximate surface area is 147 Å². The van der Waals surface area contributed by atoms with Gasteiger partial charge in [-0.15, -0.1) is 0 Å². The van der Waals surface area contributed by atoms with E-state index in [0.29, 0.717) is 12.3 Å². The molecule has 0 aromatic heterocycles. The van der Waals surface area contributed by atoms with Gasteiger partial charge in [0.25, 0.3) is 0 Å². The molecule has 2 rings (SSSR count). The van der Waals surface area contributed by atoms with Crippen molar-refractivity contribution in [3.05, 3.63) is 76.0 Å². The second kappa shape index (κ2) is 7.52. The highest BCUT2D eigenvalue weighted by molar-refractivity contribution is 6.24. The van der Waals surface area contributed by atoms with Crippen molar-refractivity contribution >= 4 is 17.4 Å². The Hall–Kier alpha value is -3.30. The molecule has 27 heavy (non-hydrogen) atoms. The van der Waals surface area contributed by atoms with Crippen molar-refractivity contribution in [3.8, 4) is 0 Å². The maximum absolute atomic E-state index is 13.9. The first-order valence-corrected chi connectivity index (χ1v) is 7.08. The van der Waals surface area contributed by atoms with E-state index in [1.54, 1.807) is 0 Å². The van der Waals surface area contributed by atoms with Crippen LogP contribution in [0.2, 0.25) is 0 Å². The van der Waals surface area contributed by atoms with Gasteiger partial charge in [0.15, 0.2) is 23.3 Å². The molecule has 0 aliphatic carbocycles. The Morgan fingerprint density at radius 3 is 2.11 bits per heavy atom. The number of aliphatic carboxylic acids is 1. The molecule has 0 radical (unpaired) electrons. The molecule has 0 bridgehead atoms. The molecule has 0 aliphatic heterocycles. The number of hydrogen-bond acceptors (Lipinski definition) is 3. The van der Waals surface area contributed by atoms with E-state index < -0.39 is 69.0 Å². The van der Waals surface area contributed by atoms with Crippen LogP contribution in [-0.4, -0.2) is 16.9 Å². The van der Waals surface area contributed by atoms with Gasteiger partial charge >= 0.3 is 5.97 Å². The summed E-state index contributed by atoms with van der Waals surface area (Å²) in [5, 5.41) is 11.2. The van der Waals surface area contributed by atoms with E-state index in [2.05, 4.69) is 5.32 Å². The Kier molecular flexibility index (Phi) is 5.58. The van der Waals surface area contributed by atoms with Crippen LogP contribution < -0.4 is 5.32 Å². The van der Waals surface area contributed by atoms with Crippen molar-refractivity contribution in [2.45, 2.75) is 6.92 Å². The number of carbonyl (C=O) groups excluding carboxylic acids is 1. The third-order valence-electron chi connectivity index (χ3n) is 3.51. The van der Waals surface area contributed by atoms with Gasteiger partial charge in [-0.3, -0.25) is 4.79 Å². The first-order valence-electron chi connectivity index (χ1n) is 7.08.